The number of hydrogen-bond donors (Lipinski definition) is 0. The molecule has 0 radical (unpaired) electrons. The van der Waals surface area contributed by atoms with Crippen molar-refractivity contribution in [2.75, 3.05) is 0 Å². The monoisotopic (exact) mass is 318 g/mol. The Labute approximate surface area is 147 Å². The minimum atomic E-state index is -0.133. The Morgan fingerprint density at radius 1 is 0.957 bits per heavy atom. The molecular weight excluding hydrogens is 278 g/mol. The van der Waals surface area contributed by atoms with Crippen LogP contribution in [0.15, 0.2) is 0 Å². The molecule has 132 valence electrons. The first-order chi connectivity index (χ1) is 10.8. The molecular formula is C20H40B2O. The Morgan fingerprint density at radius 2 is 1.48 bits per heavy atom. The molecule has 0 N–H and O–H groups in total. The molecule has 2 unspecified atom stereocenters. The van der Waals surface area contributed by atoms with Crippen molar-refractivity contribution in [3.05, 3.63) is 0 Å². The van der Waals surface area contributed by atoms with Crippen LogP contribution >= 0.6 is 0 Å². The molecule has 0 aromatic rings. The first-order valence-electron chi connectivity index (χ1n) is 10.4. The third-order valence-corrected chi connectivity index (χ3v) is 5.92. The minimum Gasteiger partial charge on any atom is -0.311 e. The van der Waals surface area contributed by atoms with Gasteiger partial charge in [0, 0.05) is 5.41 Å². The van der Waals surface area contributed by atoms with Crippen LogP contribution in [0.3, 0.4) is 0 Å². The van der Waals surface area contributed by atoms with E-state index in [0.717, 1.165) is 19.5 Å². The summed E-state index contributed by atoms with van der Waals surface area (Å²) < 4.78 is 0. The molecule has 2 atom stereocenters. The summed E-state index contributed by atoms with van der Waals surface area (Å²) in [7, 11) is 2.17. The highest BCUT2D eigenvalue weighted by molar-refractivity contribution is 6.75. The average Bonchev–Trinajstić information content (AvgIpc) is 2.51. The number of rotatable bonds is 6. The lowest BCUT2D eigenvalue weighted by molar-refractivity contribution is -0.120. The predicted molar refractivity (Wildman–Crippen MR) is 107 cm³/mol. The molecule has 0 heterocycles. The van der Waals surface area contributed by atoms with Crippen LogP contribution < -0.4 is 0 Å². The summed E-state index contributed by atoms with van der Waals surface area (Å²) in [6.07, 6.45) is 13.3. The van der Waals surface area contributed by atoms with Gasteiger partial charge in [-0.3, -0.25) is 0 Å². The van der Waals surface area contributed by atoms with E-state index >= 15 is 0 Å². The Morgan fingerprint density at radius 3 is 2.04 bits per heavy atom. The van der Waals surface area contributed by atoms with Crippen molar-refractivity contribution in [2.45, 2.75) is 110 Å². The summed E-state index contributed by atoms with van der Waals surface area (Å²) in [6, 6.07) is 0. The second-order valence-electron chi connectivity index (χ2n) is 9.17. The van der Waals surface area contributed by atoms with E-state index in [0.29, 0.717) is 17.4 Å². The molecule has 23 heavy (non-hydrogen) atoms. The fourth-order valence-electron chi connectivity index (χ4n) is 4.49. The van der Waals surface area contributed by atoms with Gasteiger partial charge in [0.2, 0.25) is 7.28 Å². The molecule has 1 rings (SSSR count). The molecule has 1 nitrogen and oxygen atoms in total. The number of carbonyl (C=O) groups excluding carboxylic acids is 1. The van der Waals surface area contributed by atoms with Gasteiger partial charge in [0.25, 0.3) is 0 Å². The maximum atomic E-state index is 12.8. The van der Waals surface area contributed by atoms with Gasteiger partial charge in [-0.15, -0.1) is 0 Å². The smallest absolute Gasteiger partial charge is 0.209 e. The number of hydrogen-bond acceptors (Lipinski definition) is 1. The van der Waals surface area contributed by atoms with Crippen LogP contribution in [0, 0.1) is 11.3 Å². The standard InChI is InChI=1S/C20H40B2O/c1-16(2)15-20(3,4)19(23)22-18-12-9-7-6-8-11-17(21-5)13-10-14-18/h16-18,21-22H,6-15H2,1-5H3. The van der Waals surface area contributed by atoms with E-state index in [4.69, 9.17) is 0 Å². The Kier molecular flexibility index (Phi) is 9.62. The SMILES string of the molecule is CBC1CCCCCCC(BC(=O)C(C)(C)CC(C)C)CCC1. The molecule has 0 bridgehead atoms. The zero-order valence-corrected chi connectivity index (χ0v) is 16.6. The first-order valence-corrected chi connectivity index (χ1v) is 10.4. The molecule has 0 amide bonds. The van der Waals surface area contributed by atoms with Crippen molar-refractivity contribution in [1.29, 1.82) is 0 Å². The van der Waals surface area contributed by atoms with Gasteiger partial charge < -0.3 is 4.79 Å². The molecule has 1 fully saturated rings. The molecule has 1 aliphatic rings. The Bertz CT molecular complexity index is 339. The lowest BCUT2D eigenvalue weighted by Gasteiger charge is -2.27. The zero-order chi connectivity index (χ0) is 17.3. The van der Waals surface area contributed by atoms with E-state index in [9.17, 15) is 4.79 Å². The predicted octanol–water partition coefficient (Wildman–Crippen LogP) is 5.61. The van der Waals surface area contributed by atoms with Crippen molar-refractivity contribution in [1.82, 2.24) is 0 Å². The lowest BCUT2D eigenvalue weighted by atomic mass is 9.51. The number of carbonyl (C=O) groups is 1. The molecule has 0 aromatic carbocycles. The molecule has 0 saturated heterocycles. The normalized spacial score (nSPS) is 24.8. The highest BCUT2D eigenvalue weighted by atomic mass is 16.1. The summed E-state index contributed by atoms with van der Waals surface area (Å²) in [4.78, 5) is 12.8. The molecule has 0 spiro atoms. The van der Waals surface area contributed by atoms with Crippen LogP contribution in [0.5, 0.6) is 0 Å². The summed E-state index contributed by atoms with van der Waals surface area (Å²) in [5, 5.41) is 0. The van der Waals surface area contributed by atoms with Crippen molar-refractivity contribution in [3.63, 3.8) is 0 Å². The highest BCUT2D eigenvalue weighted by Crippen LogP contribution is 2.32. The second kappa shape index (κ2) is 10.6. The van der Waals surface area contributed by atoms with Crippen molar-refractivity contribution >= 4 is 20.2 Å². The van der Waals surface area contributed by atoms with Gasteiger partial charge in [-0.1, -0.05) is 104 Å². The lowest BCUT2D eigenvalue weighted by Crippen LogP contribution is -2.32. The zero-order valence-electron chi connectivity index (χ0n) is 16.6. The van der Waals surface area contributed by atoms with E-state index < -0.39 is 0 Å². The summed E-state index contributed by atoms with van der Waals surface area (Å²) in [6.45, 7) is 11.1. The fraction of sp³-hybridized carbons (Fsp3) is 0.950. The average molecular weight is 318 g/mol. The van der Waals surface area contributed by atoms with Crippen molar-refractivity contribution in [2.24, 2.45) is 11.3 Å². The summed E-state index contributed by atoms with van der Waals surface area (Å²) in [5.74, 6) is 2.18. The van der Waals surface area contributed by atoms with Gasteiger partial charge >= 0.3 is 0 Å². The maximum Gasteiger partial charge on any atom is 0.209 e. The maximum absolute atomic E-state index is 12.8. The van der Waals surface area contributed by atoms with Gasteiger partial charge in [0.15, 0.2) is 0 Å². The van der Waals surface area contributed by atoms with Crippen molar-refractivity contribution < 1.29 is 4.79 Å². The van der Waals surface area contributed by atoms with Crippen LogP contribution in [0.1, 0.15) is 91.9 Å². The first kappa shape index (κ1) is 20.8. The van der Waals surface area contributed by atoms with Gasteiger partial charge in [0.1, 0.15) is 7.28 Å². The largest absolute Gasteiger partial charge is 0.311 e. The van der Waals surface area contributed by atoms with E-state index in [2.05, 4.69) is 34.5 Å². The minimum absolute atomic E-state index is 0.133. The molecule has 0 aliphatic heterocycles. The van der Waals surface area contributed by atoms with E-state index in [1.807, 2.05) is 0 Å². The van der Waals surface area contributed by atoms with Crippen molar-refractivity contribution in [3.8, 4) is 0 Å². The third kappa shape index (κ3) is 8.45. The van der Waals surface area contributed by atoms with Gasteiger partial charge in [-0.25, -0.2) is 0 Å². The Hall–Kier alpha value is -0.200. The quantitative estimate of drug-likeness (QED) is 0.582. The van der Waals surface area contributed by atoms with Crippen LogP contribution in [-0.2, 0) is 4.79 Å². The molecule has 1 saturated carbocycles. The Balaban J connectivity index is 2.55. The van der Waals surface area contributed by atoms with E-state index in [1.165, 1.54) is 65.1 Å². The van der Waals surface area contributed by atoms with E-state index in [1.54, 1.807) is 0 Å². The van der Waals surface area contributed by atoms with Crippen LogP contribution in [0.25, 0.3) is 0 Å². The molecule has 3 heteroatoms. The van der Waals surface area contributed by atoms with Crippen LogP contribution in [-0.4, -0.2) is 20.2 Å². The van der Waals surface area contributed by atoms with E-state index in [-0.39, 0.29) is 5.41 Å². The van der Waals surface area contributed by atoms with Gasteiger partial charge in [-0.05, 0) is 12.3 Å². The molecule has 0 aromatic heterocycles. The third-order valence-electron chi connectivity index (χ3n) is 5.92. The van der Waals surface area contributed by atoms with Crippen LogP contribution in [0.4, 0.5) is 0 Å². The second-order valence-corrected chi connectivity index (χ2v) is 9.17. The molecule has 1 aliphatic carbocycles. The summed E-state index contributed by atoms with van der Waals surface area (Å²) in [5.41, 5.74) is 0.380. The topological polar surface area (TPSA) is 17.1 Å². The fourth-order valence-corrected chi connectivity index (χ4v) is 4.49. The van der Waals surface area contributed by atoms with Gasteiger partial charge in [-0.2, -0.15) is 0 Å². The van der Waals surface area contributed by atoms with Gasteiger partial charge in [0.05, 0.1) is 5.68 Å². The van der Waals surface area contributed by atoms with Crippen LogP contribution in [0.2, 0.25) is 18.5 Å². The summed E-state index contributed by atoms with van der Waals surface area (Å²) >= 11 is 0. The highest BCUT2D eigenvalue weighted by Gasteiger charge is 2.30.